The van der Waals surface area contributed by atoms with E-state index in [-0.39, 0.29) is 5.84 Å². The summed E-state index contributed by atoms with van der Waals surface area (Å²) in [5, 5.41) is 22.5. The normalized spacial score (nSPS) is 11.7. The summed E-state index contributed by atoms with van der Waals surface area (Å²) in [4.78, 5) is 3.29. The van der Waals surface area contributed by atoms with Crippen LogP contribution in [0.25, 0.3) is 0 Å². The third-order valence-corrected chi connectivity index (χ3v) is 4.37. The van der Waals surface area contributed by atoms with Crippen molar-refractivity contribution in [3.05, 3.63) is 39.2 Å². The fourth-order valence-corrected chi connectivity index (χ4v) is 2.76. The van der Waals surface area contributed by atoms with Crippen molar-refractivity contribution in [2.75, 3.05) is 18.5 Å². The largest absolute Gasteiger partial charge is 0.409 e. The molecule has 0 saturated heterocycles. The molecule has 0 aromatic carbocycles. The van der Waals surface area contributed by atoms with Gasteiger partial charge in [-0.3, -0.25) is 0 Å². The molecule has 3 N–H and O–H groups in total. The molecule has 0 unspecified atom stereocenters. The van der Waals surface area contributed by atoms with Gasteiger partial charge >= 0.3 is 0 Å². The van der Waals surface area contributed by atoms with Crippen LogP contribution in [0.3, 0.4) is 0 Å². The van der Waals surface area contributed by atoms with Crippen LogP contribution < -0.4 is 10.6 Å². The van der Waals surface area contributed by atoms with Gasteiger partial charge in [0.25, 0.3) is 0 Å². The molecule has 112 valence electrons. The van der Waals surface area contributed by atoms with Gasteiger partial charge in [-0.05, 0) is 37.3 Å². The standard InChI is InChI=1S/C14H19N5OS/c1-9-10(2)16-17-14(12(9)13(15)18-20)19(3)7-6-11-5-4-8-21-11/h4-5,8,20H,6-7H2,1-3H3,(H2,15,18). The van der Waals surface area contributed by atoms with Gasteiger partial charge in [0, 0.05) is 18.5 Å². The van der Waals surface area contributed by atoms with Crippen LogP contribution in [-0.2, 0) is 6.42 Å². The summed E-state index contributed by atoms with van der Waals surface area (Å²) in [5.41, 5.74) is 8.08. The third-order valence-electron chi connectivity index (χ3n) is 3.44. The Morgan fingerprint density at radius 3 is 2.81 bits per heavy atom. The van der Waals surface area contributed by atoms with Gasteiger partial charge in [-0.2, -0.15) is 5.10 Å². The second-order valence-electron chi connectivity index (χ2n) is 4.85. The number of thiophene rings is 1. The van der Waals surface area contributed by atoms with Crippen molar-refractivity contribution in [3.8, 4) is 0 Å². The van der Waals surface area contributed by atoms with Crippen molar-refractivity contribution in [3.63, 3.8) is 0 Å². The van der Waals surface area contributed by atoms with Crippen molar-refractivity contribution < 1.29 is 5.21 Å². The molecule has 0 radical (unpaired) electrons. The highest BCUT2D eigenvalue weighted by atomic mass is 32.1. The molecule has 0 aliphatic heterocycles. The lowest BCUT2D eigenvalue weighted by atomic mass is 10.1. The number of hydrogen-bond acceptors (Lipinski definition) is 6. The van der Waals surface area contributed by atoms with Gasteiger partial charge in [-0.15, -0.1) is 16.4 Å². The molecular formula is C14H19N5OS. The van der Waals surface area contributed by atoms with E-state index in [9.17, 15) is 0 Å². The van der Waals surface area contributed by atoms with Crippen molar-refractivity contribution in [2.45, 2.75) is 20.3 Å². The molecule has 2 aromatic heterocycles. The first kappa shape index (κ1) is 15.2. The molecule has 21 heavy (non-hydrogen) atoms. The number of amidine groups is 1. The Balaban J connectivity index is 2.27. The number of nitrogens with two attached hydrogens (primary N) is 1. The Kier molecular flexibility index (Phi) is 4.74. The SMILES string of the molecule is Cc1nnc(N(C)CCc2cccs2)c(C(N)=NO)c1C. The maximum absolute atomic E-state index is 8.99. The Hall–Kier alpha value is -2.15. The van der Waals surface area contributed by atoms with E-state index in [0.717, 1.165) is 24.2 Å². The van der Waals surface area contributed by atoms with Gasteiger partial charge < -0.3 is 15.8 Å². The van der Waals surface area contributed by atoms with Crippen molar-refractivity contribution in [1.82, 2.24) is 10.2 Å². The lowest BCUT2D eigenvalue weighted by Gasteiger charge is -2.21. The van der Waals surface area contributed by atoms with E-state index in [0.29, 0.717) is 11.4 Å². The predicted octanol–water partition coefficient (Wildman–Crippen LogP) is 1.93. The minimum absolute atomic E-state index is 0.0588. The zero-order valence-corrected chi connectivity index (χ0v) is 13.2. The molecule has 0 aliphatic carbocycles. The highest BCUT2D eigenvalue weighted by Crippen LogP contribution is 2.21. The first-order valence-corrected chi connectivity index (χ1v) is 7.47. The molecule has 0 bridgehead atoms. The summed E-state index contributed by atoms with van der Waals surface area (Å²) in [5.74, 6) is 0.688. The van der Waals surface area contributed by atoms with Crippen molar-refractivity contribution >= 4 is 23.0 Å². The number of anilines is 1. The Bertz CT molecular complexity index is 639. The maximum Gasteiger partial charge on any atom is 0.174 e. The molecule has 0 fully saturated rings. The molecule has 2 heterocycles. The Morgan fingerprint density at radius 2 is 2.19 bits per heavy atom. The number of aromatic nitrogens is 2. The molecule has 0 spiro atoms. The number of hydrogen-bond donors (Lipinski definition) is 2. The van der Waals surface area contributed by atoms with Crippen LogP contribution in [0, 0.1) is 13.8 Å². The van der Waals surface area contributed by atoms with E-state index < -0.39 is 0 Å². The van der Waals surface area contributed by atoms with E-state index in [2.05, 4.69) is 26.8 Å². The summed E-state index contributed by atoms with van der Waals surface area (Å²) in [6.45, 7) is 4.53. The number of nitrogens with zero attached hydrogens (tertiary/aromatic N) is 4. The van der Waals surface area contributed by atoms with E-state index >= 15 is 0 Å². The minimum Gasteiger partial charge on any atom is -0.409 e. The van der Waals surface area contributed by atoms with Crippen LogP contribution in [0.5, 0.6) is 0 Å². The van der Waals surface area contributed by atoms with E-state index in [1.165, 1.54) is 4.88 Å². The van der Waals surface area contributed by atoms with Gasteiger partial charge in [0.05, 0.1) is 11.3 Å². The summed E-state index contributed by atoms with van der Waals surface area (Å²) in [6, 6.07) is 4.15. The van der Waals surface area contributed by atoms with Gasteiger partial charge in [-0.25, -0.2) is 0 Å². The average Bonchev–Trinajstić information content (AvgIpc) is 3.00. The molecule has 0 aliphatic rings. The van der Waals surface area contributed by atoms with Gasteiger partial charge in [0.15, 0.2) is 11.7 Å². The van der Waals surface area contributed by atoms with Crippen LogP contribution in [-0.4, -0.2) is 34.8 Å². The van der Waals surface area contributed by atoms with E-state index in [4.69, 9.17) is 10.9 Å². The Morgan fingerprint density at radius 1 is 1.43 bits per heavy atom. The lowest BCUT2D eigenvalue weighted by Crippen LogP contribution is -2.27. The van der Waals surface area contributed by atoms with Gasteiger partial charge in [0.1, 0.15) is 0 Å². The molecule has 0 saturated carbocycles. The zero-order valence-electron chi connectivity index (χ0n) is 12.4. The minimum atomic E-state index is 0.0588. The summed E-state index contributed by atoms with van der Waals surface area (Å²) < 4.78 is 0. The monoisotopic (exact) mass is 305 g/mol. The molecule has 6 nitrogen and oxygen atoms in total. The lowest BCUT2D eigenvalue weighted by molar-refractivity contribution is 0.318. The highest BCUT2D eigenvalue weighted by molar-refractivity contribution is 7.09. The van der Waals surface area contributed by atoms with Gasteiger partial charge in [-0.1, -0.05) is 11.2 Å². The summed E-state index contributed by atoms with van der Waals surface area (Å²) in [6.07, 6.45) is 0.915. The quantitative estimate of drug-likeness (QED) is 0.381. The predicted molar refractivity (Wildman–Crippen MR) is 85.3 cm³/mol. The number of oxime groups is 1. The number of aryl methyl sites for hydroxylation is 1. The average molecular weight is 305 g/mol. The van der Waals surface area contributed by atoms with Crippen LogP contribution in [0.15, 0.2) is 22.7 Å². The van der Waals surface area contributed by atoms with Crippen LogP contribution in [0.2, 0.25) is 0 Å². The summed E-state index contributed by atoms with van der Waals surface area (Å²) in [7, 11) is 1.93. The molecule has 0 atom stereocenters. The zero-order chi connectivity index (χ0) is 15.4. The molecule has 0 amide bonds. The topological polar surface area (TPSA) is 87.6 Å². The maximum atomic E-state index is 8.99. The van der Waals surface area contributed by atoms with Crippen LogP contribution >= 0.6 is 11.3 Å². The van der Waals surface area contributed by atoms with Gasteiger partial charge in [0.2, 0.25) is 0 Å². The second-order valence-corrected chi connectivity index (χ2v) is 5.88. The highest BCUT2D eigenvalue weighted by Gasteiger charge is 2.18. The fraction of sp³-hybridized carbons (Fsp3) is 0.357. The smallest absolute Gasteiger partial charge is 0.174 e. The first-order chi connectivity index (χ1) is 10.0. The molecule has 7 heteroatoms. The number of rotatable bonds is 5. The molecule has 2 aromatic rings. The van der Waals surface area contributed by atoms with Crippen molar-refractivity contribution in [1.29, 1.82) is 0 Å². The second kappa shape index (κ2) is 6.53. The Labute approximate surface area is 127 Å². The summed E-state index contributed by atoms with van der Waals surface area (Å²) >= 11 is 1.73. The number of likely N-dealkylation sites (N-methyl/N-ethyl adjacent to an activating group) is 1. The van der Waals surface area contributed by atoms with Crippen LogP contribution in [0.1, 0.15) is 21.7 Å². The third kappa shape index (κ3) is 3.30. The molecular weight excluding hydrogens is 286 g/mol. The van der Waals surface area contributed by atoms with Crippen LogP contribution in [0.4, 0.5) is 5.82 Å². The van der Waals surface area contributed by atoms with E-state index in [1.54, 1.807) is 11.3 Å². The first-order valence-electron chi connectivity index (χ1n) is 6.60. The molecule has 2 rings (SSSR count). The van der Waals surface area contributed by atoms with Crippen molar-refractivity contribution in [2.24, 2.45) is 10.9 Å². The van der Waals surface area contributed by atoms with E-state index in [1.807, 2.05) is 31.9 Å². The fourth-order valence-electron chi connectivity index (χ4n) is 2.06.